The van der Waals surface area contributed by atoms with Gasteiger partial charge in [-0.15, -0.1) is 11.3 Å². The molecule has 19 heavy (non-hydrogen) atoms. The highest BCUT2D eigenvalue weighted by Crippen LogP contribution is 2.21. The van der Waals surface area contributed by atoms with Crippen LogP contribution in [0.25, 0.3) is 0 Å². The van der Waals surface area contributed by atoms with Crippen LogP contribution in [0.4, 0.5) is 0 Å². The van der Waals surface area contributed by atoms with Crippen molar-refractivity contribution in [3.8, 4) is 5.88 Å². The first-order valence-electron chi connectivity index (χ1n) is 6.50. The van der Waals surface area contributed by atoms with Gasteiger partial charge in [0.15, 0.2) is 0 Å². The second kappa shape index (κ2) is 6.21. The van der Waals surface area contributed by atoms with Gasteiger partial charge in [-0.1, -0.05) is 6.92 Å². The van der Waals surface area contributed by atoms with Crippen molar-refractivity contribution in [2.45, 2.75) is 33.4 Å². The second-order valence-electron chi connectivity index (χ2n) is 4.52. The molecule has 0 spiro atoms. The van der Waals surface area contributed by atoms with E-state index in [1.807, 2.05) is 25.3 Å². The first kappa shape index (κ1) is 14.1. The van der Waals surface area contributed by atoms with Gasteiger partial charge in [-0.3, -0.25) is 0 Å². The Morgan fingerprint density at radius 1 is 1.32 bits per heavy atom. The molecule has 2 rings (SSSR count). The van der Waals surface area contributed by atoms with Crippen LogP contribution in [-0.2, 0) is 26.6 Å². The fourth-order valence-electron chi connectivity index (χ4n) is 2.16. The molecule has 0 aliphatic carbocycles. The van der Waals surface area contributed by atoms with Gasteiger partial charge in [0, 0.05) is 29.9 Å². The van der Waals surface area contributed by atoms with Gasteiger partial charge in [-0.2, -0.15) is 5.10 Å². The van der Waals surface area contributed by atoms with Crippen LogP contribution in [0.1, 0.15) is 27.9 Å². The van der Waals surface area contributed by atoms with Crippen molar-refractivity contribution in [3.05, 3.63) is 33.1 Å². The topological polar surface area (TPSA) is 39.1 Å². The third kappa shape index (κ3) is 3.16. The number of methoxy groups -OCH3 is 1. The Bertz CT molecular complexity index is 545. The SMILES string of the molecule is CCc1ccc(CNCc2c(C)nn(C)c2OC)s1. The molecule has 0 aliphatic rings. The highest BCUT2D eigenvalue weighted by molar-refractivity contribution is 7.11. The lowest BCUT2D eigenvalue weighted by Gasteiger charge is -2.06. The fourth-order valence-corrected chi connectivity index (χ4v) is 3.09. The number of ether oxygens (including phenoxy) is 1. The van der Waals surface area contributed by atoms with Crippen LogP contribution in [0, 0.1) is 6.92 Å². The van der Waals surface area contributed by atoms with E-state index < -0.39 is 0 Å². The van der Waals surface area contributed by atoms with Crippen LogP contribution in [-0.4, -0.2) is 16.9 Å². The normalized spacial score (nSPS) is 10.9. The number of thiophene rings is 1. The van der Waals surface area contributed by atoms with Crippen LogP contribution in [0.5, 0.6) is 5.88 Å². The highest BCUT2D eigenvalue weighted by atomic mass is 32.1. The van der Waals surface area contributed by atoms with E-state index in [1.165, 1.54) is 9.75 Å². The summed E-state index contributed by atoms with van der Waals surface area (Å²) in [6.07, 6.45) is 1.11. The van der Waals surface area contributed by atoms with E-state index in [9.17, 15) is 0 Å². The van der Waals surface area contributed by atoms with E-state index in [0.717, 1.165) is 36.6 Å². The van der Waals surface area contributed by atoms with Gasteiger partial charge in [0.25, 0.3) is 0 Å². The Labute approximate surface area is 118 Å². The van der Waals surface area contributed by atoms with Gasteiger partial charge in [0.05, 0.1) is 18.4 Å². The Morgan fingerprint density at radius 2 is 2.05 bits per heavy atom. The van der Waals surface area contributed by atoms with Gasteiger partial charge in [-0.25, -0.2) is 4.68 Å². The molecule has 0 unspecified atom stereocenters. The monoisotopic (exact) mass is 279 g/mol. The molecule has 2 aromatic rings. The number of hydrogen-bond donors (Lipinski definition) is 1. The molecule has 0 aromatic carbocycles. The van der Waals surface area contributed by atoms with E-state index in [2.05, 4.69) is 29.5 Å². The van der Waals surface area contributed by atoms with Crippen molar-refractivity contribution in [1.29, 1.82) is 0 Å². The van der Waals surface area contributed by atoms with Crippen LogP contribution in [0.3, 0.4) is 0 Å². The molecule has 0 radical (unpaired) electrons. The van der Waals surface area contributed by atoms with E-state index in [1.54, 1.807) is 11.8 Å². The molecule has 0 atom stereocenters. The third-order valence-corrected chi connectivity index (χ3v) is 4.38. The van der Waals surface area contributed by atoms with E-state index in [0.29, 0.717) is 0 Å². The van der Waals surface area contributed by atoms with Crippen molar-refractivity contribution < 1.29 is 4.74 Å². The zero-order chi connectivity index (χ0) is 13.8. The predicted octanol–water partition coefficient (Wildman–Crippen LogP) is 2.65. The molecule has 5 heteroatoms. The molecular weight excluding hydrogens is 258 g/mol. The van der Waals surface area contributed by atoms with Crippen LogP contribution < -0.4 is 10.1 Å². The molecule has 104 valence electrons. The zero-order valence-electron chi connectivity index (χ0n) is 12.0. The lowest BCUT2D eigenvalue weighted by Crippen LogP contribution is -2.13. The van der Waals surface area contributed by atoms with Crippen LogP contribution in [0.15, 0.2) is 12.1 Å². The summed E-state index contributed by atoms with van der Waals surface area (Å²) in [6.45, 7) is 5.87. The Kier molecular flexibility index (Phi) is 4.61. The van der Waals surface area contributed by atoms with Crippen LogP contribution in [0.2, 0.25) is 0 Å². The minimum absolute atomic E-state index is 0.780. The molecule has 0 saturated heterocycles. The number of aryl methyl sites for hydroxylation is 3. The average Bonchev–Trinajstić information content (AvgIpc) is 2.95. The van der Waals surface area contributed by atoms with Crippen molar-refractivity contribution in [3.63, 3.8) is 0 Å². The lowest BCUT2D eigenvalue weighted by molar-refractivity contribution is 0.368. The second-order valence-corrected chi connectivity index (χ2v) is 5.77. The zero-order valence-corrected chi connectivity index (χ0v) is 12.8. The summed E-state index contributed by atoms with van der Waals surface area (Å²) in [7, 11) is 3.59. The van der Waals surface area contributed by atoms with Gasteiger partial charge in [-0.05, 0) is 25.5 Å². The number of nitrogens with zero attached hydrogens (tertiary/aromatic N) is 2. The molecule has 0 bridgehead atoms. The Morgan fingerprint density at radius 3 is 2.68 bits per heavy atom. The molecule has 4 nitrogen and oxygen atoms in total. The molecule has 0 fully saturated rings. The average molecular weight is 279 g/mol. The first-order chi connectivity index (χ1) is 9.15. The molecular formula is C14H21N3OS. The predicted molar refractivity (Wildman–Crippen MR) is 78.7 cm³/mol. The molecule has 0 saturated carbocycles. The lowest BCUT2D eigenvalue weighted by atomic mass is 10.2. The molecule has 2 aromatic heterocycles. The molecule has 1 N–H and O–H groups in total. The summed E-state index contributed by atoms with van der Waals surface area (Å²) < 4.78 is 7.17. The maximum absolute atomic E-state index is 5.38. The Balaban J connectivity index is 1.95. The van der Waals surface area contributed by atoms with Gasteiger partial charge >= 0.3 is 0 Å². The molecule has 0 aliphatic heterocycles. The summed E-state index contributed by atoms with van der Waals surface area (Å²) in [4.78, 5) is 2.81. The quantitative estimate of drug-likeness (QED) is 0.883. The number of aromatic nitrogens is 2. The highest BCUT2D eigenvalue weighted by Gasteiger charge is 2.13. The first-order valence-corrected chi connectivity index (χ1v) is 7.32. The number of rotatable bonds is 6. The third-order valence-electron chi connectivity index (χ3n) is 3.15. The van der Waals surface area contributed by atoms with Crippen molar-refractivity contribution in [2.24, 2.45) is 7.05 Å². The van der Waals surface area contributed by atoms with Crippen molar-refractivity contribution in [2.75, 3.05) is 7.11 Å². The largest absolute Gasteiger partial charge is 0.481 e. The molecule has 0 amide bonds. The smallest absolute Gasteiger partial charge is 0.216 e. The van der Waals surface area contributed by atoms with Crippen molar-refractivity contribution >= 4 is 11.3 Å². The van der Waals surface area contributed by atoms with Gasteiger partial charge < -0.3 is 10.1 Å². The standard InChI is InChI=1S/C14H21N3OS/c1-5-11-6-7-12(19-11)8-15-9-13-10(2)16-17(3)14(13)18-4/h6-7,15H,5,8-9H2,1-4H3. The Hall–Kier alpha value is -1.33. The summed E-state index contributed by atoms with van der Waals surface area (Å²) in [5.41, 5.74) is 2.16. The minimum Gasteiger partial charge on any atom is -0.481 e. The summed E-state index contributed by atoms with van der Waals surface area (Å²) in [5, 5.41) is 7.84. The van der Waals surface area contributed by atoms with Crippen LogP contribution >= 0.6 is 11.3 Å². The maximum Gasteiger partial charge on any atom is 0.216 e. The summed E-state index contributed by atoms with van der Waals surface area (Å²) >= 11 is 1.87. The maximum atomic E-state index is 5.38. The van der Waals surface area contributed by atoms with E-state index in [-0.39, 0.29) is 0 Å². The molecule has 2 heterocycles. The van der Waals surface area contributed by atoms with E-state index in [4.69, 9.17) is 4.74 Å². The van der Waals surface area contributed by atoms with E-state index >= 15 is 0 Å². The van der Waals surface area contributed by atoms with Gasteiger partial charge in [0.1, 0.15) is 0 Å². The number of nitrogens with one attached hydrogen (secondary N) is 1. The summed E-state index contributed by atoms with van der Waals surface area (Å²) in [6, 6.07) is 4.40. The van der Waals surface area contributed by atoms with Crippen molar-refractivity contribution in [1.82, 2.24) is 15.1 Å². The minimum atomic E-state index is 0.780. The number of hydrogen-bond acceptors (Lipinski definition) is 4. The van der Waals surface area contributed by atoms with Gasteiger partial charge in [0.2, 0.25) is 5.88 Å². The summed E-state index contributed by atoms with van der Waals surface area (Å²) in [5.74, 6) is 0.838. The fraction of sp³-hybridized carbons (Fsp3) is 0.500.